The third kappa shape index (κ3) is 2.65. The minimum atomic E-state index is 0.429. The second kappa shape index (κ2) is 6.16. The Balaban J connectivity index is 1.60. The summed E-state index contributed by atoms with van der Waals surface area (Å²) in [6.07, 6.45) is 6.32. The van der Waals surface area contributed by atoms with E-state index in [1.54, 1.807) is 0 Å². The molecular weight excluding hydrogens is 286 g/mol. The van der Waals surface area contributed by atoms with Crippen LogP contribution in [0.4, 0.5) is 0 Å². The lowest BCUT2D eigenvalue weighted by Gasteiger charge is -2.24. The second-order valence-electron chi connectivity index (χ2n) is 6.17. The molecule has 1 fully saturated rings. The summed E-state index contributed by atoms with van der Waals surface area (Å²) in [5, 5.41) is 4.31. The third-order valence-corrected chi connectivity index (χ3v) is 4.84. The second-order valence-corrected chi connectivity index (χ2v) is 6.17. The Morgan fingerprint density at radius 2 is 2.09 bits per heavy atom. The van der Waals surface area contributed by atoms with Gasteiger partial charge in [-0.3, -0.25) is 9.58 Å². The Bertz CT molecular complexity index is 774. The number of hydrogen-bond acceptors (Lipinski definition) is 3. The molecule has 0 bridgehead atoms. The Morgan fingerprint density at radius 1 is 1.17 bits per heavy atom. The molecule has 0 spiro atoms. The van der Waals surface area contributed by atoms with Gasteiger partial charge in [-0.2, -0.15) is 5.10 Å². The number of hydrogen-bond donors (Lipinski definition) is 0. The van der Waals surface area contributed by atoms with Gasteiger partial charge in [-0.1, -0.05) is 12.1 Å². The first kappa shape index (κ1) is 14.5. The molecule has 0 amide bonds. The van der Waals surface area contributed by atoms with Gasteiger partial charge in [0.2, 0.25) is 0 Å². The number of aromatic nitrogens is 4. The molecule has 2 aromatic heterocycles. The lowest BCUT2D eigenvalue weighted by Crippen LogP contribution is -2.29. The van der Waals surface area contributed by atoms with Gasteiger partial charge in [0.05, 0.1) is 23.6 Å². The van der Waals surface area contributed by atoms with E-state index in [4.69, 9.17) is 4.98 Å². The molecule has 3 heterocycles. The predicted molar refractivity (Wildman–Crippen MR) is 91.2 cm³/mol. The van der Waals surface area contributed by atoms with Crippen LogP contribution in [-0.4, -0.2) is 37.3 Å². The topological polar surface area (TPSA) is 38.9 Å². The van der Waals surface area contributed by atoms with Crippen LogP contribution < -0.4 is 0 Å². The molecule has 5 heteroatoms. The minimum absolute atomic E-state index is 0.429. The highest BCUT2D eigenvalue weighted by atomic mass is 15.3. The van der Waals surface area contributed by atoms with Crippen LogP contribution in [-0.2, 0) is 13.1 Å². The SMILES string of the molecule is CCn1c([C@@H]2CCCN2CCn2cccn2)nc2ccccc21. The Kier molecular flexibility index (Phi) is 3.87. The van der Waals surface area contributed by atoms with Crippen molar-refractivity contribution >= 4 is 11.0 Å². The van der Waals surface area contributed by atoms with Crippen molar-refractivity contribution in [2.45, 2.75) is 38.9 Å². The van der Waals surface area contributed by atoms with E-state index in [0.717, 1.165) is 31.7 Å². The van der Waals surface area contributed by atoms with Crippen LogP contribution in [0.1, 0.15) is 31.6 Å². The normalized spacial score (nSPS) is 18.9. The molecule has 0 unspecified atom stereocenters. The Labute approximate surface area is 136 Å². The number of rotatable bonds is 5. The molecular formula is C18H23N5. The molecule has 0 saturated carbocycles. The zero-order chi connectivity index (χ0) is 15.6. The van der Waals surface area contributed by atoms with Gasteiger partial charge in [-0.05, 0) is 44.5 Å². The van der Waals surface area contributed by atoms with Gasteiger partial charge in [-0.25, -0.2) is 4.98 Å². The zero-order valence-electron chi connectivity index (χ0n) is 13.6. The quantitative estimate of drug-likeness (QED) is 0.727. The molecule has 23 heavy (non-hydrogen) atoms. The highest BCUT2D eigenvalue weighted by Gasteiger charge is 2.29. The van der Waals surface area contributed by atoms with Crippen molar-refractivity contribution in [2.24, 2.45) is 0 Å². The maximum absolute atomic E-state index is 4.96. The first-order valence-corrected chi connectivity index (χ1v) is 8.53. The zero-order valence-corrected chi connectivity index (χ0v) is 13.6. The monoisotopic (exact) mass is 309 g/mol. The number of aryl methyl sites for hydroxylation is 1. The van der Waals surface area contributed by atoms with E-state index in [-0.39, 0.29) is 0 Å². The van der Waals surface area contributed by atoms with Gasteiger partial charge in [0.1, 0.15) is 5.82 Å². The molecule has 0 N–H and O–H groups in total. The van der Waals surface area contributed by atoms with Crippen molar-refractivity contribution in [3.63, 3.8) is 0 Å². The summed E-state index contributed by atoms with van der Waals surface area (Å²) in [6, 6.07) is 10.9. The van der Waals surface area contributed by atoms with Crippen molar-refractivity contribution < 1.29 is 0 Å². The van der Waals surface area contributed by atoms with Crippen molar-refractivity contribution in [1.29, 1.82) is 0 Å². The molecule has 1 atom stereocenters. The fourth-order valence-corrected chi connectivity index (χ4v) is 3.73. The number of benzene rings is 1. The van der Waals surface area contributed by atoms with E-state index >= 15 is 0 Å². The summed E-state index contributed by atoms with van der Waals surface area (Å²) in [4.78, 5) is 7.52. The van der Waals surface area contributed by atoms with E-state index in [1.165, 1.54) is 24.2 Å². The van der Waals surface area contributed by atoms with Crippen LogP contribution in [0.2, 0.25) is 0 Å². The summed E-state index contributed by atoms with van der Waals surface area (Å²) in [5.74, 6) is 1.23. The highest BCUT2D eigenvalue weighted by Crippen LogP contribution is 2.33. The van der Waals surface area contributed by atoms with E-state index < -0.39 is 0 Å². The van der Waals surface area contributed by atoms with Gasteiger partial charge in [0.25, 0.3) is 0 Å². The molecule has 4 rings (SSSR count). The predicted octanol–water partition coefficient (Wildman–Crippen LogP) is 3.09. The Hall–Kier alpha value is -2.14. The number of imidazole rings is 1. The summed E-state index contributed by atoms with van der Waals surface area (Å²) >= 11 is 0. The van der Waals surface area contributed by atoms with Gasteiger partial charge in [0.15, 0.2) is 0 Å². The van der Waals surface area contributed by atoms with Gasteiger partial charge in [-0.15, -0.1) is 0 Å². The fraction of sp³-hybridized carbons (Fsp3) is 0.444. The van der Waals surface area contributed by atoms with Crippen LogP contribution in [0.25, 0.3) is 11.0 Å². The number of para-hydroxylation sites is 2. The van der Waals surface area contributed by atoms with Crippen LogP contribution >= 0.6 is 0 Å². The molecule has 3 aromatic rings. The van der Waals surface area contributed by atoms with Gasteiger partial charge in [0, 0.05) is 25.5 Å². The average molecular weight is 309 g/mol. The molecule has 1 aliphatic heterocycles. The first-order chi connectivity index (χ1) is 11.4. The molecule has 0 aliphatic carbocycles. The average Bonchev–Trinajstić information content (AvgIpc) is 3.31. The van der Waals surface area contributed by atoms with E-state index in [9.17, 15) is 0 Å². The largest absolute Gasteiger partial charge is 0.327 e. The Morgan fingerprint density at radius 3 is 2.91 bits per heavy atom. The van der Waals surface area contributed by atoms with Crippen LogP contribution in [0.5, 0.6) is 0 Å². The summed E-state index contributed by atoms with van der Waals surface area (Å²) < 4.78 is 4.39. The molecule has 1 saturated heterocycles. The van der Waals surface area contributed by atoms with Crippen molar-refractivity contribution in [2.75, 3.05) is 13.1 Å². The maximum atomic E-state index is 4.96. The van der Waals surface area contributed by atoms with E-state index in [0.29, 0.717) is 6.04 Å². The van der Waals surface area contributed by atoms with Crippen LogP contribution in [0.3, 0.4) is 0 Å². The lowest BCUT2D eigenvalue weighted by molar-refractivity contribution is 0.231. The summed E-state index contributed by atoms with van der Waals surface area (Å²) in [5.41, 5.74) is 2.37. The van der Waals surface area contributed by atoms with E-state index in [1.807, 2.05) is 23.1 Å². The summed E-state index contributed by atoms with van der Waals surface area (Å²) in [6.45, 7) is 6.30. The standard InChI is InChI=1S/C18H23N5/c1-2-23-16-8-4-3-7-15(16)20-18(23)17-9-5-11-21(17)13-14-22-12-6-10-19-22/h3-4,6-8,10,12,17H,2,5,9,11,13-14H2,1H3/t17-/m0/s1. The number of fused-ring (bicyclic) bond motifs is 1. The van der Waals surface area contributed by atoms with Gasteiger partial charge >= 0.3 is 0 Å². The molecule has 1 aromatic carbocycles. The van der Waals surface area contributed by atoms with Crippen molar-refractivity contribution in [3.8, 4) is 0 Å². The van der Waals surface area contributed by atoms with E-state index in [2.05, 4.69) is 45.8 Å². The van der Waals surface area contributed by atoms with Crippen LogP contribution in [0, 0.1) is 0 Å². The molecule has 0 radical (unpaired) electrons. The number of likely N-dealkylation sites (tertiary alicyclic amines) is 1. The lowest BCUT2D eigenvalue weighted by atomic mass is 10.2. The smallest absolute Gasteiger partial charge is 0.127 e. The molecule has 120 valence electrons. The summed E-state index contributed by atoms with van der Waals surface area (Å²) in [7, 11) is 0. The minimum Gasteiger partial charge on any atom is -0.327 e. The first-order valence-electron chi connectivity index (χ1n) is 8.53. The third-order valence-electron chi connectivity index (χ3n) is 4.84. The molecule has 1 aliphatic rings. The fourth-order valence-electron chi connectivity index (χ4n) is 3.73. The van der Waals surface area contributed by atoms with Crippen molar-refractivity contribution in [1.82, 2.24) is 24.2 Å². The molecule has 5 nitrogen and oxygen atoms in total. The number of nitrogens with zero attached hydrogens (tertiary/aromatic N) is 5. The van der Waals surface area contributed by atoms with Gasteiger partial charge < -0.3 is 4.57 Å². The maximum Gasteiger partial charge on any atom is 0.127 e. The van der Waals surface area contributed by atoms with Crippen LogP contribution in [0.15, 0.2) is 42.7 Å². The highest BCUT2D eigenvalue weighted by molar-refractivity contribution is 5.76. The van der Waals surface area contributed by atoms with Crippen molar-refractivity contribution in [3.05, 3.63) is 48.5 Å².